The highest BCUT2D eigenvalue weighted by atomic mass is 35.5. The summed E-state index contributed by atoms with van der Waals surface area (Å²) in [6.07, 6.45) is 3.18. The molecule has 2 nitrogen and oxygen atoms in total. The van der Waals surface area contributed by atoms with E-state index < -0.39 is 0 Å². The molecule has 2 aromatic heterocycles. The van der Waals surface area contributed by atoms with Gasteiger partial charge in [0.05, 0.1) is 14.7 Å². The summed E-state index contributed by atoms with van der Waals surface area (Å²) < 4.78 is 0.595. The molecule has 1 aromatic carbocycles. The highest BCUT2D eigenvalue weighted by Crippen LogP contribution is 2.25. The molecule has 2 heterocycles. The number of fused-ring (bicyclic) bond motifs is 1. The fourth-order valence-corrected chi connectivity index (χ4v) is 3.32. The zero-order chi connectivity index (χ0) is 15.7. The SMILES string of the molecule is Cc1cccc2cc(/C=C/C(=O)c3ccc(Cl)s3)c(Cl)nc12. The second-order valence-corrected chi connectivity index (χ2v) is 6.89. The van der Waals surface area contributed by atoms with E-state index in [-0.39, 0.29) is 5.78 Å². The van der Waals surface area contributed by atoms with E-state index in [0.717, 1.165) is 22.0 Å². The van der Waals surface area contributed by atoms with Crippen LogP contribution in [-0.4, -0.2) is 10.8 Å². The normalized spacial score (nSPS) is 11.4. The first-order chi connectivity index (χ1) is 10.5. The predicted molar refractivity (Wildman–Crippen MR) is 94.2 cm³/mol. The first-order valence-electron chi connectivity index (χ1n) is 6.58. The summed E-state index contributed by atoms with van der Waals surface area (Å²) in [6, 6.07) is 11.3. The van der Waals surface area contributed by atoms with Crippen molar-refractivity contribution < 1.29 is 4.79 Å². The number of hydrogen-bond acceptors (Lipinski definition) is 3. The molecule has 5 heteroatoms. The standard InChI is InChI=1S/C17H11Cl2NOS/c1-10-3-2-4-11-9-12(17(19)20-16(10)11)5-6-13(21)14-7-8-15(18)22-14/h2-9H,1H3/b6-5+. The van der Waals surface area contributed by atoms with Crippen molar-refractivity contribution in [3.63, 3.8) is 0 Å². The summed E-state index contributed by atoms with van der Waals surface area (Å²) in [4.78, 5) is 17.1. The lowest BCUT2D eigenvalue weighted by Gasteiger charge is -2.04. The van der Waals surface area contributed by atoms with E-state index in [1.807, 2.05) is 31.2 Å². The molecule has 0 aliphatic carbocycles. The molecule has 0 amide bonds. The van der Waals surface area contributed by atoms with E-state index in [1.165, 1.54) is 17.4 Å². The van der Waals surface area contributed by atoms with Crippen LogP contribution in [0.15, 0.2) is 42.5 Å². The molecule has 0 aliphatic heterocycles. The summed E-state index contributed by atoms with van der Waals surface area (Å²) in [5, 5.41) is 1.38. The lowest BCUT2D eigenvalue weighted by Crippen LogP contribution is -1.91. The topological polar surface area (TPSA) is 30.0 Å². The summed E-state index contributed by atoms with van der Waals surface area (Å²) in [5.74, 6) is -0.0997. The summed E-state index contributed by atoms with van der Waals surface area (Å²) in [6.45, 7) is 1.99. The van der Waals surface area contributed by atoms with Gasteiger partial charge in [-0.1, -0.05) is 41.4 Å². The number of nitrogens with zero attached hydrogens (tertiary/aromatic N) is 1. The molecule has 0 unspecified atom stereocenters. The first kappa shape index (κ1) is 15.2. The van der Waals surface area contributed by atoms with Crippen molar-refractivity contribution in [3.8, 4) is 0 Å². The first-order valence-corrected chi connectivity index (χ1v) is 8.15. The van der Waals surface area contributed by atoms with E-state index in [1.54, 1.807) is 18.2 Å². The van der Waals surface area contributed by atoms with Crippen LogP contribution in [0.3, 0.4) is 0 Å². The summed E-state index contributed by atoms with van der Waals surface area (Å²) >= 11 is 13.3. The minimum absolute atomic E-state index is 0.0997. The maximum atomic E-state index is 12.1. The Labute approximate surface area is 142 Å². The Morgan fingerprint density at radius 1 is 1.23 bits per heavy atom. The maximum Gasteiger partial charge on any atom is 0.195 e. The van der Waals surface area contributed by atoms with Crippen LogP contribution in [0.5, 0.6) is 0 Å². The Bertz CT molecular complexity index is 899. The third kappa shape index (κ3) is 3.07. The molecule has 3 rings (SSSR count). The molecule has 3 aromatic rings. The average Bonchev–Trinajstić information content (AvgIpc) is 2.92. The number of benzene rings is 1. The van der Waals surface area contributed by atoms with Gasteiger partial charge in [0.25, 0.3) is 0 Å². The van der Waals surface area contributed by atoms with Crippen molar-refractivity contribution >= 4 is 57.3 Å². The van der Waals surface area contributed by atoms with Crippen molar-refractivity contribution in [2.75, 3.05) is 0 Å². The van der Waals surface area contributed by atoms with E-state index in [9.17, 15) is 4.79 Å². The second-order valence-electron chi connectivity index (χ2n) is 4.82. The molecule has 0 saturated carbocycles. The van der Waals surface area contributed by atoms with Crippen LogP contribution >= 0.6 is 34.5 Å². The molecule has 0 bridgehead atoms. The highest BCUT2D eigenvalue weighted by Gasteiger charge is 2.07. The molecule has 22 heavy (non-hydrogen) atoms. The Morgan fingerprint density at radius 3 is 2.77 bits per heavy atom. The molecule has 0 fully saturated rings. The number of allylic oxidation sites excluding steroid dienone is 1. The van der Waals surface area contributed by atoms with Crippen molar-refractivity contribution in [1.29, 1.82) is 0 Å². The van der Waals surface area contributed by atoms with Gasteiger partial charge in [-0.15, -0.1) is 11.3 Å². The Morgan fingerprint density at radius 2 is 2.05 bits per heavy atom. The van der Waals surface area contributed by atoms with Crippen molar-refractivity contribution in [3.05, 3.63) is 68.0 Å². The summed E-state index contributed by atoms with van der Waals surface area (Å²) in [5.41, 5.74) is 2.66. The fourth-order valence-electron chi connectivity index (χ4n) is 2.15. The van der Waals surface area contributed by atoms with Gasteiger partial charge in [-0.3, -0.25) is 4.79 Å². The van der Waals surface area contributed by atoms with Crippen LogP contribution in [0.4, 0.5) is 0 Å². The van der Waals surface area contributed by atoms with Gasteiger partial charge in [-0.2, -0.15) is 0 Å². The third-order valence-corrected chi connectivity index (χ3v) is 4.81. The van der Waals surface area contributed by atoms with E-state index in [2.05, 4.69) is 4.98 Å². The number of rotatable bonds is 3. The number of aryl methyl sites for hydroxylation is 1. The maximum absolute atomic E-state index is 12.1. The molecule has 0 saturated heterocycles. The quantitative estimate of drug-likeness (QED) is 0.340. The van der Waals surface area contributed by atoms with Crippen LogP contribution in [0, 0.1) is 6.92 Å². The molecule has 0 N–H and O–H groups in total. The zero-order valence-corrected chi connectivity index (χ0v) is 14.0. The van der Waals surface area contributed by atoms with Crippen LogP contribution in [-0.2, 0) is 0 Å². The molecule has 0 atom stereocenters. The Balaban J connectivity index is 1.95. The zero-order valence-electron chi connectivity index (χ0n) is 11.6. The molecule has 0 spiro atoms. The minimum atomic E-state index is -0.0997. The van der Waals surface area contributed by atoms with E-state index in [0.29, 0.717) is 14.4 Å². The van der Waals surface area contributed by atoms with Crippen molar-refractivity contribution in [2.24, 2.45) is 0 Å². The molecular formula is C17H11Cl2NOS. The third-order valence-electron chi connectivity index (χ3n) is 3.26. The smallest absolute Gasteiger partial charge is 0.195 e. The minimum Gasteiger partial charge on any atom is -0.288 e. The number of hydrogen-bond donors (Lipinski definition) is 0. The number of carbonyl (C=O) groups is 1. The Hall–Kier alpha value is -1.68. The Kier molecular flexibility index (Phi) is 4.30. The lowest BCUT2D eigenvalue weighted by molar-refractivity contribution is 0.105. The van der Waals surface area contributed by atoms with Gasteiger partial charge in [0.1, 0.15) is 5.15 Å². The monoisotopic (exact) mass is 347 g/mol. The molecule has 0 radical (unpaired) electrons. The number of pyridine rings is 1. The largest absolute Gasteiger partial charge is 0.288 e. The second kappa shape index (κ2) is 6.21. The van der Waals surface area contributed by atoms with Gasteiger partial charge in [0.15, 0.2) is 5.78 Å². The van der Waals surface area contributed by atoms with Crippen LogP contribution in [0.2, 0.25) is 9.49 Å². The van der Waals surface area contributed by atoms with Crippen LogP contribution in [0.1, 0.15) is 20.8 Å². The number of thiophene rings is 1. The average molecular weight is 348 g/mol. The number of aromatic nitrogens is 1. The number of carbonyl (C=O) groups excluding carboxylic acids is 1. The number of para-hydroxylation sites is 1. The molecule has 110 valence electrons. The summed E-state index contributed by atoms with van der Waals surface area (Å²) in [7, 11) is 0. The predicted octanol–water partition coefficient (Wildman–Crippen LogP) is 5.81. The van der Waals surface area contributed by atoms with Gasteiger partial charge >= 0.3 is 0 Å². The van der Waals surface area contributed by atoms with Gasteiger partial charge in [0.2, 0.25) is 0 Å². The molecular weight excluding hydrogens is 337 g/mol. The van der Waals surface area contributed by atoms with E-state index >= 15 is 0 Å². The number of ketones is 1. The highest BCUT2D eigenvalue weighted by molar-refractivity contribution is 7.18. The fraction of sp³-hybridized carbons (Fsp3) is 0.0588. The van der Waals surface area contributed by atoms with Gasteiger partial charge in [-0.25, -0.2) is 4.98 Å². The van der Waals surface area contributed by atoms with Crippen molar-refractivity contribution in [2.45, 2.75) is 6.92 Å². The van der Waals surface area contributed by atoms with Gasteiger partial charge < -0.3 is 0 Å². The van der Waals surface area contributed by atoms with Gasteiger partial charge in [-0.05, 0) is 42.8 Å². The van der Waals surface area contributed by atoms with Crippen molar-refractivity contribution in [1.82, 2.24) is 4.98 Å². The lowest BCUT2D eigenvalue weighted by atomic mass is 10.1. The molecule has 0 aliphatic rings. The number of halogens is 2. The van der Waals surface area contributed by atoms with E-state index in [4.69, 9.17) is 23.2 Å². The van der Waals surface area contributed by atoms with Crippen LogP contribution in [0.25, 0.3) is 17.0 Å². The van der Waals surface area contributed by atoms with Crippen LogP contribution < -0.4 is 0 Å². The van der Waals surface area contributed by atoms with Gasteiger partial charge in [0, 0.05) is 10.9 Å².